The molecule has 0 aliphatic carbocycles. The maximum absolute atomic E-state index is 12.3. The molecule has 118 valence electrons. The first-order valence-electron chi connectivity index (χ1n) is 6.82. The minimum atomic E-state index is -0.484. The first-order chi connectivity index (χ1) is 11.1. The van der Waals surface area contributed by atoms with Crippen LogP contribution in [0.4, 0.5) is 0 Å². The van der Waals surface area contributed by atoms with E-state index in [2.05, 4.69) is 17.2 Å². The van der Waals surface area contributed by atoms with Gasteiger partial charge in [0, 0.05) is 12.6 Å². The van der Waals surface area contributed by atoms with Gasteiger partial charge in [0.25, 0.3) is 11.8 Å². The summed E-state index contributed by atoms with van der Waals surface area (Å²) in [5, 5.41) is 5.45. The molecule has 0 spiro atoms. The SMILES string of the molecule is C=CCNC(=O)C(=Cc1ccco1)NC(=O)c1ccccc1Cl. The van der Waals surface area contributed by atoms with E-state index >= 15 is 0 Å². The Morgan fingerprint density at radius 3 is 2.65 bits per heavy atom. The van der Waals surface area contributed by atoms with Crippen molar-refractivity contribution in [2.24, 2.45) is 0 Å². The zero-order valence-electron chi connectivity index (χ0n) is 12.2. The molecule has 2 aromatic rings. The van der Waals surface area contributed by atoms with Gasteiger partial charge < -0.3 is 15.1 Å². The minimum absolute atomic E-state index is 0.0479. The van der Waals surface area contributed by atoms with Crippen molar-refractivity contribution >= 4 is 29.5 Å². The van der Waals surface area contributed by atoms with E-state index in [0.29, 0.717) is 10.8 Å². The van der Waals surface area contributed by atoms with Gasteiger partial charge in [-0.15, -0.1) is 6.58 Å². The van der Waals surface area contributed by atoms with Gasteiger partial charge in [-0.25, -0.2) is 0 Å². The van der Waals surface area contributed by atoms with Crippen LogP contribution in [-0.2, 0) is 4.79 Å². The highest BCUT2D eigenvalue weighted by atomic mass is 35.5. The number of furan rings is 1. The molecule has 0 saturated heterocycles. The van der Waals surface area contributed by atoms with E-state index in [9.17, 15) is 9.59 Å². The lowest BCUT2D eigenvalue weighted by Crippen LogP contribution is -2.35. The molecule has 0 atom stereocenters. The molecule has 0 bridgehead atoms. The van der Waals surface area contributed by atoms with Crippen molar-refractivity contribution in [3.8, 4) is 0 Å². The smallest absolute Gasteiger partial charge is 0.268 e. The van der Waals surface area contributed by atoms with Gasteiger partial charge in [0.1, 0.15) is 11.5 Å². The molecule has 0 aliphatic rings. The fraction of sp³-hybridized carbons (Fsp3) is 0.0588. The molecule has 1 heterocycles. The third-order valence-electron chi connectivity index (χ3n) is 2.85. The van der Waals surface area contributed by atoms with Crippen molar-refractivity contribution in [2.75, 3.05) is 6.54 Å². The van der Waals surface area contributed by atoms with Crippen LogP contribution < -0.4 is 10.6 Å². The summed E-state index contributed by atoms with van der Waals surface area (Å²) < 4.78 is 5.18. The van der Waals surface area contributed by atoms with E-state index in [1.807, 2.05) is 0 Å². The molecule has 0 fully saturated rings. The molecule has 6 heteroatoms. The van der Waals surface area contributed by atoms with Gasteiger partial charge >= 0.3 is 0 Å². The molecule has 2 N–H and O–H groups in total. The largest absolute Gasteiger partial charge is 0.465 e. The molecule has 1 aromatic carbocycles. The highest BCUT2D eigenvalue weighted by Gasteiger charge is 2.16. The number of carbonyl (C=O) groups excluding carboxylic acids is 2. The van der Waals surface area contributed by atoms with Crippen LogP contribution in [0.1, 0.15) is 16.1 Å². The molecule has 1 aromatic heterocycles. The number of benzene rings is 1. The third-order valence-corrected chi connectivity index (χ3v) is 3.18. The zero-order chi connectivity index (χ0) is 16.7. The summed E-state index contributed by atoms with van der Waals surface area (Å²) in [7, 11) is 0. The first-order valence-corrected chi connectivity index (χ1v) is 7.20. The molecular formula is C17H15ClN2O3. The summed E-state index contributed by atoms with van der Waals surface area (Å²) in [5.41, 5.74) is 0.322. The van der Waals surface area contributed by atoms with Crippen LogP contribution in [0.5, 0.6) is 0 Å². The number of hydrogen-bond donors (Lipinski definition) is 2. The van der Waals surface area contributed by atoms with E-state index < -0.39 is 11.8 Å². The number of amides is 2. The second kappa shape index (κ2) is 8.00. The normalized spacial score (nSPS) is 10.9. The molecule has 23 heavy (non-hydrogen) atoms. The van der Waals surface area contributed by atoms with Gasteiger partial charge in [-0.2, -0.15) is 0 Å². The van der Waals surface area contributed by atoms with Crippen molar-refractivity contribution in [3.63, 3.8) is 0 Å². The quantitative estimate of drug-likeness (QED) is 0.631. The van der Waals surface area contributed by atoms with Crippen LogP contribution in [0, 0.1) is 0 Å². The molecule has 0 aliphatic heterocycles. The van der Waals surface area contributed by atoms with E-state index in [0.717, 1.165) is 0 Å². The van der Waals surface area contributed by atoms with Gasteiger partial charge in [0.15, 0.2) is 0 Å². The number of nitrogens with one attached hydrogen (secondary N) is 2. The fourth-order valence-corrected chi connectivity index (χ4v) is 1.99. The molecular weight excluding hydrogens is 316 g/mol. The average molecular weight is 331 g/mol. The van der Waals surface area contributed by atoms with Crippen LogP contribution >= 0.6 is 11.6 Å². The standard InChI is InChI=1S/C17H15ClN2O3/c1-2-9-19-17(22)15(11-12-6-5-10-23-12)20-16(21)13-7-3-4-8-14(13)18/h2-8,10-11H,1,9H2,(H,19,22)(H,20,21). The summed E-state index contributed by atoms with van der Waals surface area (Å²) in [6.07, 6.45) is 4.45. The topological polar surface area (TPSA) is 71.3 Å². The molecule has 2 rings (SSSR count). The van der Waals surface area contributed by atoms with E-state index in [1.54, 1.807) is 36.4 Å². The Hall–Kier alpha value is -2.79. The Bertz CT molecular complexity index is 736. The van der Waals surface area contributed by atoms with Crippen LogP contribution in [0.2, 0.25) is 5.02 Å². The van der Waals surface area contributed by atoms with E-state index in [4.69, 9.17) is 16.0 Å². The zero-order valence-corrected chi connectivity index (χ0v) is 13.0. The number of halogens is 1. The molecule has 5 nitrogen and oxygen atoms in total. The van der Waals surface area contributed by atoms with Crippen molar-refractivity contribution in [2.45, 2.75) is 0 Å². The summed E-state index contributed by atoms with van der Waals surface area (Å²) in [4.78, 5) is 24.5. The number of hydrogen-bond acceptors (Lipinski definition) is 3. The first kappa shape index (κ1) is 16.6. The lowest BCUT2D eigenvalue weighted by molar-refractivity contribution is -0.117. The second-order valence-electron chi connectivity index (χ2n) is 4.51. The lowest BCUT2D eigenvalue weighted by Gasteiger charge is -2.10. The van der Waals surface area contributed by atoms with Gasteiger partial charge in [-0.3, -0.25) is 9.59 Å². The predicted octanol–water partition coefficient (Wildman–Crippen LogP) is 3.01. The van der Waals surface area contributed by atoms with Crippen LogP contribution in [0.15, 0.2) is 65.4 Å². The van der Waals surface area contributed by atoms with E-state index in [1.165, 1.54) is 18.4 Å². The van der Waals surface area contributed by atoms with Crippen LogP contribution in [-0.4, -0.2) is 18.4 Å². The third kappa shape index (κ3) is 4.59. The highest BCUT2D eigenvalue weighted by Crippen LogP contribution is 2.15. The number of rotatable bonds is 6. The molecule has 0 radical (unpaired) electrons. The maximum Gasteiger partial charge on any atom is 0.268 e. The fourth-order valence-electron chi connectivity index (χ4n) is 1.77. The summed E-state index contributed by atoms with van der Waals surface area (Å²) in [6, 6.07) is 9.93. The Kier molecular flexibility index (Phi) is 5.77. The summed E-state index contributed by atoms with van der Waals surface area (Å²) in [6.45, 7) is 3.80. The monoisotopic (exact) mass is 330 g/mol. The van der Waals surface area contributed by atoms with Gasteiger partial charge in [-0.05, 0) is 24.3 Å². The lowest BCUT2D eigenvalue weighted by atomic mass is 10.2. The van der Waals surface area contributed by atoms with Crippen molar-refractivity contribution < 1.29 is 14.0 Å². The maximum atomic E-state index is 12.3. The Morgan fingerprint density at radius 2 is 2.00 bits per heavy atom. The molecule has 2 amide bonds. The Labute approximate surface area is 138 Å². The van der Waals surface area contributed by atoms with Crippen molar-refractivity contribution in [1.82, 2.24) is 10.6 Å². The predicted molar refractivity (Wildman–Crippen MR) is 88.8 cm³/mol. The van der Waals surface area contributed by atoms with Gasteiger partial charge in [-0.1, -0.05) is 29.8 Å². The average Bonchev–Trinajstić information content (AvgIpc) is 3.05. The van der Waals surface area contributed by atoms with Crippen molar-refractivity contribution in [1.29, 1.82) is 0 Å². The highest BCUT2D eigenvalue weighted by molar-refractivity contribution is 6.34. The summed E-state index contributed by atoms with van der Waals surface area (Å²) in [5.74, 6) is -0.503. The van der Waals surface area contributed by atoms with Crippen LogP contribution in [0.3, 0.4) is 0 Å². The van der Waals surface area contributed by atoms with E-state index in [-0.39, 0.29) is 17.8 Å². The van der Waals surface area contributed by atoms with Crippen LogP contribution in [0.25, 0.3) is 6.08 Å². The molecule has 0 unspecified atom stereocenters. The van der Waals surface area contributed by atoms with Gasteiger partial charge in [0.05, 0.1) is 16.8 Å². The van der Waals surface area contributed by atoms with Crippen molar-refractivity contribution in [3.05, 3.63) is 77.4 Å². The molecule has 0 saturated carbocycles. The number of carbonyl (C=O) groups is 2. The second-order valence-corrected chi connectivity index (χ2v) is 4.91. The Balaban J connectivity index is 2.24. The summed E-state index contributed by atoms with van der Waals surface area (Å²) >= 11 is 6.00. The van der Waals surface area contributed by atoms with Gasteiger partial charge in [0.2, 0.25) is 0 Å². The Morgan fingerprint density at radius 1 is 1.22 bits per heavy atom. The minimum Gasteiger partial charge on any atom is -0.465 e.